The van der Waals surface area contributed by atoms with Crippen LogP contribution in [0.5, 0.6) is 0 Å². The van der Waals surface area contributed by atoms with Gasteiger partial charge in [-0.3, -0.25) is 4.79 Å². The van der Waals surface area contributed by atoms with E-state index in [0.717, 1.165) is 30.4 Å². The van der Waals surface area contributed by atoms with Crippen molar-refractivity contribution in [2.24, 2.45) is 5.92 Å². The quantitative estimate of drug-likeness (QED) is 0.339. The number of hydrogen-bond donors (Lipinski definition) is 0. The van der Waals surface area contributed by atoms with E-state index in [2.05, 4.69) is 19.7 Å². The second-order valence-corrected chi connectivity index (χ2v) is 4.10. The minimum Gasteiger partial charge on any atom is -0.302 e. The number of hydrogen-bond acceptors (Lipinski definition) is 2. The third kappa shape index (κ3) is 6.12. The molecule has 0 bridgehead atoms. The molecule has 0 aromatic carbocycles. The molecule has 0 saturated carbocycles. The zero-order chi connectivity index (χ0) is 12.6. The summed E-state index contributed by atoms with van der Waals surface area (Å²) in [7, 11) is 0. The van der Waals surface area contributed by atoms with Crippen LogP contribution in [0.1, 0.15) is 32.6 Å². The Bertz CT molecular complexity index is 292. The Labute approximate surface area is 97.7 Å². The van der Waals surface area contributed by atoms with Crippen LogP contribution in [0.4, 0.5) is 0 Å². The van der Waals surface area contributed by atoms with E-state index in [9.17, 15) is 9.59 Å². The summed E-state index contributed by atoms with van der Waals surface area (Å²) in [6.45, 7) is 13.1. The van der Waals surface area contributed by atoms with Crippen LogP contribution in [-0.4, -0.2) is 12.1 Å². The normalized spacial score (nSPS) is 11.6. The van der Waals surface area contributed by atoms with Gasteiger partial charge in [0.2, 0.25) is 0 Å². The fraction of sp³-hybridized carbons (Fsp3) is 0.429. The smallest absolute Gasteiger partial charge is 0.150 e. The molecule has 0 heterocycles. The molecule has 0 rings (SSSR count). The Kier molecular flexibility index (Phi) is 7.10. The number of ketones is 1. The van der Waals surface area contributed by atoms with Gasteiger partial charge >= 0.3 is 0 Å². The molecule has 2 heteroatoms. The summed E-state index contributed by atoms with van der Waals surface area (Å²) in [5.74, 6) is -0.803. The molecule has 16 heavy (non-hydrogen) atoms. The predicted molar refractivity (Wildman–Crippen MR) is 67.2 cm³/mol. The van der Waals surface area contributed by atoms with Gasteiger partial charge in [0, 0.05) is 6.42 Å². The lowest BCUT2D eigenvalue weighted by Crippen LogP contribution is -2.13. The number of aldehydes is 1. The van der Waals surface area contributed by atoms with Crippen molar-refractivity contribution in [2.75, 3.05) is 0 Å². The molecule has 0 N–H and O–H groups in total. The third-order valence-corrected chi connectivity index (χ3v) is 2.33. The van der Waals surface area contributed by atoms with Crippen molar-refractivity contribution >= 4 is 12.1 Å². The van der Waals surface area contributed by atoms with Crippen LogP contribution in [0.25, 0.3) is 0 Å². The van der Waals surface area contributed by atoms with E-state index in [4.69, 9.17) is 0 Å². The largest absolute Gasteiger partial charge is 0.302 e. The van der Waals surface area contributed by atoms with Crippen LogP contribution < -0.4 is 0 Å². The molecule has 0 aromatic heterocycles. The van der Waals surface area contributed by atoms with Crippen molar-refractivity contribution in [2.45, 2.75) is 32.6 Å². The molecule has 0 fully saturated rings. The van der Waals surface area contributed by atoms with Crippen molar-refractivity contribution in [3.63, 3.8) is 0 Å². The number of allylic oxidation sites excluding steroid dienone is 3. The minimum absolute atomic E-state index is 0.120. The van der Waals surface area contributed by atoms with Crippen LogP contribution in [0.2, 0.25) is 0 Å². The van der Waals surface area contributed by atoms with Gasteiger partial charge in [0.1, 0.15) is 6.29 Å². The molecular formula is C14H20O2. The van der Waals surface area contributed by atoms with Gasteiger partial charge < -0.3 is 4.79 Å². The first kappa shape index (κ1) is 14.6. The molecular weight excluding hydrogens is 200 g/mol. The van der Waals surface area contributed by atoms with Crippen LogP contribution in [0, 0.1) is 5.92 Å². The predicted octanol–water partition coefficient (Wildman–Crippen LogP) is 3.25. The van der Waals surface area contributed by atoms with Crippen molar-refractivity contribution < 1.29 is 9.59 Å². The Morgan fingerprint density at radius 1 is 1.31 bits per heavy atom. The van der Waals surface area contributed by atoms with Gasteiger partial charge in [0.25, 0.3) is 0 Å². The summed E-state index contributed by atoms with van der Waals surface area (Å²) in [5, 5.41) is 0. The average molecular weight is 220 g/mol. The fourth-order valence-electron chi connectivity index (χ4n) is 1.36. The van der Waals surface area contributed by atoms with E-state index in [1.165, 1.54) is 6.08 Å². The van der Waals surface area contributed by atoms with Crippen LogP contribution in [0.3, 0.4) is 0 Å². The van der Waals surface area contributed by atoms with E-state index >= 15 is 0 Å². The summed E-state index contributed by atoms with van der Waals surface area (Å²) in [6, 6.07) is 0. The van der Waals surface area contributed by atoms with Crippen molar-refractivity contribution in [3.05, 3.63) is 37.0 Å². The second kappa shape index (κ2) is 7.80. The second-order valence-electron chi connectivity index (χ2n) is 4.10. The molecule has 1 unspecified atom stereocenters. The molecule has 0 aliphatic rings. The first-order valence-corrected chi connectivity index (χ1v) is 5.42. The zero-order valence-electron chi connectivity index (χ0n) is 10.00. The van der Waals surface area contributed by atoms with Gasteiger partial charge in [-0.15, -0.1) is 13.2 Å². The summed E-state index contributed by atoms with van der Waals surface area (Å²) in [6.07, 6.45) is 4.98. The highest BCUT2D eigenvalue weighted by Gasteiger charge is 2.14. The Morgan fingerprint density at radius 2 is 1.94 bits per heavy atom. The van der Waals surface area contributed by atoms with E-state index < -0.39 is 5.92 Å². The average Bonchev–Trinajstić information content (AvgIpc) is 2.18. The summed E-state index contributed by atoms with van der Waals surface area (Å²) in [4.78, 5) is 22.1. The summed E-state index contributed by atoms with van der Waals surface area (Å²) in [5.41, 5.74) is 2.01. The highest BCUT2D eigenvalue weighted by molar-refractivity contribution is 5.96. The van der Waals surface area contributed by atoms with E-state index in [0.29, 0.717) is 6.29 Å². The van der Waals surface area contributed by atoms with Crippen molar-refractivity contribution in [1.82, 2.24) is 0 Å². The lowest BCUT2D eigenvalue weighted by atomic mass is 9.97. The molecule has 2 nitrogen and oxygen atoms in total. The molecule has 0 amide bonds. The van der Waals surface area contributed by atoms with Crippen LogP contribution in [0.15, 0.2) is 37.0 Å². The lowest BCUT2D eigenvalue weighted by molar-refractivity contribution is -0.125. The molecule has 0 aliphatic heterocycles. The van der Waals surface area contributed by atoms with Crippen molar-refractivity contribution in [3.8, 4) is 0 Å². The van der Waals surface area contributed by atoms with Gasteiger partial charge in [0.15, 0.2) is 5.78 Å². The van der Waals surface area contributed by atoms with Gasteiger partial charge in [-0.25, -0.2) is 0 Å². The van der Waals surface area contributed by atoms with Gasteiger partial charge in [-0.1, -0.05) is 23.8 Å². The third-order valence-electron chi connectivity index (χ3n) is 2.33. The van der Waals surface area contributed by atoms with Gasteiger partial charge in [0.05, 0.1) is 5.92 Å². The Hall–Kier alpha value is -1.44. The maximum absolute atomic E-state index is 11.5. The number of Topliss-reactive ketones (excluding diaryl/α,β-unsaturated/α-hetero) is 1. The van der Waals surface area contributed by atoms with E-state index in [-0.39, 0.29) is 12.2 Å². The fourth-order valence-corrected chi connectivity index (χ4v) is 1.36. The number of carbonyl (C=O) groups excluding carboxylic acids is 2. The molecule has 0 saturated heterocycles. The summed E-state index contributed by atoms with van der Waals surface area (Å²) >= 11 is 0. The standard InChI is InChI=1S/C14H20O2/c1-5-13(10-15)14(16)9-12(4)8-6-7-11(2)3/h5,10,13H,1-2,4,6-9H2,3H3. The van der Waals surface area contributed by atoms with Crippen LogP contribution >= 0.6 is 0 Å². The van der Waals surface area contributed by atoms with E-state index in [1.54, 1.807) is 0 Å². The highest BCUT2D eigenvalue weighted by Crippen LogP contribution is 2.14. The molecule has 88 valence electrons. The maximum Gasteiger partial charge on any atom is 0.150 e. The zero-order valence-corrected chi connectivity index (χ0v) is 10.00. The van der Waals surface area contributed by atoms with Crippen LogP contribution in [-0.2, 0) is 9.59 Å². The number of carbonyl (C=O) groups is 2. The highest BCUT2D eigenvalue weighted by atomic mass is 16.1. The minimum atomic E-state index is -0.683. The number of rotatable bonds is 9. The lowest BCUT2D eigenvalue weighted by Gasteiger charge is -2.07. The van der Waals surface area contributed by atoms with Crippen molar-refractivity contribution in [1.29, 1.82) is 0 Å². The maximum atomic E-state index is 11.5. The monoisotopic (exact) mass is 220 g/mol. The molecule has 0 aliphatic carbocycles. The Morgan fingerprint density at radius 3 is 2.38 bits per heavy atom. The molecule has 0 aromatic rings. The molecule has 0 radical (unpaired) electrons. The summed E-state index contributed by atoms with van der Waals surface area (Å²) < 4.78 is 0. The molecule has 0 spiro atoms. The first-order chi connectivity index (χ1) is 7.51. The SMILES string of the molecule is C=CC(C=O)C(=O)CC(=C)CCCC(=C)C. The first-order valence-electron chi connectivity index (χ1n) is 5.42. The Balaban J connectivity index is 3.95. The topological polar surface area (TPSA) is 34.1 Å². The molecule has 1 atom stereocenters. The van der Waals surface area contributed by atoms with E-state index in [1.807, 2.05) is 6.92 Å². The van der Waals surface area contributed by atoms with Gasteiger partial charge in [-0.2, -0.15) is 0 Å². The van der Waals surface area contributed by atoms with Gasteiger partial charge in [-0.05, 0) is 26.2 Å².